The highest BCUT2D eigenvalue weighted by atomic mass is 127. The Balaban J connectivity index is 1.93. The predicted octanol–water partition coefficient (Wildman–Crippen LogP) is 5.74. The first-order valence-electron chi connectivity index (χ1n) is 11.3. The van der Waals surface area contributed by atoms with Crippen LogP contribution in [0.15, 0.2) is 67.0 Å². The van der Waals surface area contributed by atoms with Gasteiger partial charge in [0.25, 0.3) is 0 Å². The van der Waals surface area contributed by atoms with Crippen LogP contribution in [0.3, 0.4) is 0 Å². The van der Waals surface area contributed by atoms with Gasteiger partial charge in [-0.2, -0.15) is 0 Å². The number of hydrogen-bond donors (Lipinski definition) is 0. The zero-order valence-corrected chi connectivity index (χ0v) is 22.3. The van der Waals surface area contributed by atoms with E-state index in [2.05, 4.69) is 38.4 Å². The Morgan fingerprint density at radius 3 is 2.31 bits per heavy atom. The van der Waals surface area contributed by atoms with Gasteiger partial charge >= 0.3 is 0 Å². The van der Waals surface area contributed by atoms with Crippen LogP contribution in [-0.4, -0.2) is 50.6 Å². The molecule has 0 saturated carbocycles. The summed E-state index contributed by atoms with van der Waals surface area (Å²) in [6, 6.07) is 19.7. The molecule has 7 nitrogen and oxygen atoms in total. The van der Waals surface area contributed by atoms with Crippen molar-refractivity contribution in [1.82, 2.24) is 9.97 Å². The second-order valence-electron chi connectivity index (χ2n) is 7.66. The maximum Gasteiger partial charge on any atom is 0.176 e. The van der Waals surface area contributed by atoms with Crippen LogP contribution >= 0.6 is 22.6 Å². The van der Waals surface area contributed by atoms with E-state index in [0.717, 1.165) is 31.4 Å². The number of anilines is 3. The normalized spacial score (nSPS) is 10.7. The Morgan fingerprint density at radius 2 is 1.58 bits per heavy atom. The molecule has 4 aromatic rings. The molecule has 1 aromatic heterocycles. The maximum atomic E-state index is 6.08. The number of hydrogen-bond acceptors (Lipinski definition) is 7. The van der Waals surface area contributed by atoms with Crippen LogP contribution in [0.1, 0.15) is 5.56 Å². The second kappa shape index (κ2) is 12.5. The largest absolute Gasteiger partial charge is 0.487 e. The number of rotatable bonds is 11. The minimum Gasteiger partial charge on any atom is -0.487 e. The Kier molecular flexibility index (Phi) is 8.95. The molecule has 0 aliphatic heterocycles. The van der Waals surface area contributed by atoms with Gasteiger partial charge in [-0.3, -0.25) is 4.90 Å². The van der Waals surface area contributed by atoms with Crippen LogP contribution in [0.25, 0.3) is 10.9 Å². The topological polar surface area (TPSA) is 65.9 Å². The van der Waals surface area contributed by atoms with Gasteiger partial charge in [0.15, 0.2) is 11.5 Å². The number of nitrogens with zero attached hydrogens (tertiary/aromatic N) is 3. The van der Waals surface area contributed by atoms with Crippen LogP contribution in [0.2, 0.25) is 0 Å². The fourth-order valence-electron chi connectivity index (χ4n) is 3.69. The van der Waals surface area contributed by atoms with Gasteiger partial charge in [-0.05, 0) is 59.0 Å². The first-order chi connectivity index (χ1) is 17.7. The van der Waals surface area contributed by atoms with E-state index in [1.165, 1.54) is 0 Å². The standard InChI is InChI=1S/C28H26IN3O4/c1-4-20-9-8-12-22(17-20)32(21-10-6-5-7-11-21)28-23-18-24(35-15-13-33-2)27(36-16-14-34-3)25(29)26(23)30-19-31-28/h1,5-12,17-19H,13-16H2,2-3H3. The summed E-state index contributed by atoms with van der Waals surface area (Å²) >= 11 is 2.25. The number of halogens is 1. The van der Waals surface area contributed by atoms with Crippen molar-refractivity contribution in [2.45, 2.75) is 0 Å². The Bertz CT molecular complexity index is 1360. The summed E-state index contributed by atoms with van der Waals surface area (Å²) in [5, 5.41) is 0.809. The Labute approximate surface area is 224 Å². The van der Waals surface area contributed by atoms with Crippen molar-refractivity contribution in [2.24, 2.45) is 0 Å². The molecule has 0 saturated heterocycles. The molecular formula is C28H26IN3O4. The van der Waals surface area contributed by atoms with Gasteiger partial charge in [-0.15, -0.1) is 6.42 Å². The lowest BCUT2D eigenvalue weighted by Crippen LogP contribution is -2.14. The number of ether oxygens (including phenoxy) is 4. The van der Waals surface area contributed by atoms with Crippen LogP contribution in [0.5, 0.6) is 11.5 Å². The van der Waals surface area contributed by atoms with E-state index in [4.69, 9.17) is 30.4 Å². The van der Waals surface area contributed by atoms with E-state index in [1.54, 1.807) is 20.5 Å². The molecule has 0 aliphatic rings. The lowest BCUT2D eigenvalue weighted by Gasteiger charge is -2.26. The number of terminal acetylenes is 1. The second-order valence-corrected chi connectivity index (χ2v) is 8.74. The highest BCUT2D eigenvalue weighted by Gasteiger charge is 2.22. The lowest BCUT2D eigenvalue weighted by atomic mass is 10.1. The highest BCUT2D eigenvalue weighted by Crippen LogP contribution is 2.43. The third-order valence-electron chi connectivity index (χ3n) is 5.35. The van der Waals surface area contributed by atoms with Crippen molar-refractivity contribution in [1.29, 1.82) is 0 Å². The SMILES string of the molecule is C#Cc1cccc(N(c2ccccc2)c2ncnc3c(I)c(OCCOC)c(OCCOC)cc23)c1. The van der Waals surface area contributed by atoms with Gasteiger partial charge < -0.3 is 18.9 Å². The smallest absolute Gasteiger partial charge is 0.176 e. The first-order valence-corrected chi connectivity index (χ1v) is 12.4. The highest BCUT2D eigenvalue weighted by molar-refractivity contribution is 14.1. The van der Waals surface area contributed by atoms with Crippen molar-refractivity contribution in [3.63, 3.8) is 0 Å². The number of para-hydroxylation sites is 1. The van der Waals surface area contributed by atoms with Gasteiger partial charge in [0.05, 0.1) is 22.3 Å². The molecule has 0 spiro atoms. The van der Waals surface area contributed by atoms with E-state index < -0.39 is 0 Å². The molecule has 36 heavy (non-hydrogen) atoms. The summed E-state index contributed by atoms with van der Waals surface area (Å²) in [5.74, 6) is 4.61. The molecule has 0 fully saturated rings. The summed E-state index contributed by atoms with van der Waals surface area (Å²) in [5.41, 5.74) is 3.35. The van der Waals surface area contributed by atoms with Crippen LogP contribution in [-0.2, 0) is 9.47 Å². The number of aromatic nitrogens is 2. The summed E-state index contributed by atoms with van der Waals surface area (Å²) < 4.78 is 23.3. The maximum absolute atomic E-state index is 6.08. The number of benzene rings is 3. The van der Waals surface area contributed by atoms with Gasteiger partial charge in [0.1, 0.15) is 25.4 Å². The minimum atomic E-state index is 0.369. The molecule has 184 valence electrons. The van der Waals surface area contributed by atoms with Gasteiger partial charge in [0.2, 0.25) is 0 Å². The fraction of sp³-hybridized carbons (Fsp3) is 0.214. The first kappa shape index (κ1) is 25.7. The third kappa shape index (κ3) is 5.70. The van der Waals surface area contributed by atoms with E-state index >= 15 is 0 Å². The number of fused-ring (bicyclic) bond motifs is 1. The number of methoxy groups -OCH3 is 2. The van der Waals surface area contributed by atoms with E-state index in [-0.39, 0.29) is 0 Å². The molecule has 3 aromatic carbocycles. The molecule has 1 heterocycles. The monoisotopic (exact) mass is 595 g/mol. The molecule has 0 N–H and O–H groups in total. The molecule has 0 aliphatic carbocycles. The molecule has 8 heteroatoms. The van der Waals surface area contributed by atoms with Crippen molar-refractivity contribution >= 4 is 50.7 Å². The average molecular weight is 595 g/mol. The van der Waals surface area contributed by atoms with Crippen molar-refractivity contribution in [3.8, 4) is 23.8 Å². The van der Waals surface area contributed by atoms with Gasteiger partial charge in [-0.25, -0.2) is 9.97 Å². The van der Waals surface area contributed by atoms with E-state index in [1.807, 2.05) is 60.7 Å². The predicted molar refractivity (Wildman–Crippen MR) is 150 cm³/mol. The molecule has 0 unspecified atom stereocenters. The van der Waals surface area contributed by atoms with Crippen LogP contribution < -0.4 is 14.4 Å². The van der Waals surface area contributed by atoms with Crippen LogP contribution in [0.4, 0.5) is 17.2 Å². The zero-order valence-electron chi connectivity index (χ0n) is 20.1. The average Bonchev–Trinajstić information content (AvgIpc) is 2.92. The van der Waals surface area contributed by atoms with Crippen LogP contribution in [0, 0.1) is 15.9 Å². The summed E-state index contributed by atoms with van der Waals surface area (Å²) in [6.07, 6.45) is 7.27. The van der Waals surface area contributed by atoms with Crippen molar-refractivity contribution in [3.05, 3.63) is 76.1 Å². The van der Waals surface area contributed by atoms with E-state index in [0.29, 0.717) is 43.7 Å². The molecule has 0 bridgehead atoms. The molecule has 0 radical (unpaired) electrons. The zero-order chi connectivity index (χ0) is 25.3. The minimum absolute atomic E-state index is 0.369. The molecule has 0 atom stereocenters. The van der Waals surface area contributed by atoms with Gasteiger partial charge in [0, 0.05) is 36.5 Å². The Morgan fingerprint density at radius 1 is 0.861 bits per heavy atom. The fourth-order valence-corrected chi connectivity index (χ4v) is 4.55. The van der Waals surface area contributed by atoms with Crippen molar-refractivity contribution < 1.29 is 18.9 Å². The molecule has 0 amide bonds. The summed E-state index contributed by atoms with van der Waals surface area (Å²) in [4.78, 5) is 11.4. The van der Waals surface area contributed by atoms with Gasteiger partial charge in [-0.1, -0.05) is 30.2 Å². The summed E-state index contributed by atoms with van der Waals surface area (Å²) in [7, 11) is 3.27. The quantitative estimate of drug-likeness (QED) is 0.125. The van der Waals surface area contributed by atoms with Crippen molar-refractivity contribution in [2.75, 3.05) is 45.5 Å². The molecule has 4 rings (SSSR count). The summed E-state index contributed by atoms with van der Waals surface area (Å²) in [6.45, 7) is 1.65. The Hall–Kier alpha value is -3.39. The molecular weight excluding hydrogens is 569 g/mol. The van der Waals surface area contributed by atoms with E-state index in [9.17, 15) is 0 Å². The lowest BCUT2D eigenvalue weighted by molar-refractivity contribution is 0.132. The third-order valence-corrected chi connectivity index (χ3v) is 6.35.